The maximum absolute atomic E-state index is 11.4. The van der Waals surface area contributed by atoms with E-state index in [0.717, 1.165) is 0 Å². The van der Waals surface area contributed by atoms with Crippen LogP contribution >= 0.6 is 79.4 Å². The molecule has 0 aliphatic carbocycles. The van der Waals surface area contributed by atoms with Gasteiger partial charge in [0.2, 0.25) is 0 Å². The number of hydrogen-bond donors (Lipinski definition) is 1. The van der Waals surface area contributed by atoms with E-state index >= 15 is 0 Å². The van der Waals surface area contributed by atoms with Gasteiger partial charge in [0, 0.05) is 10.7 Å². The van der Waals surface area contributed by atoms with Crippen LogP contribution in [0.4, 0.5) is 10.5 Å². The van der Waals surface area contributed by atoms with Crippen LogP contribution in [0.2, 0.25) is 5.02 Å². The molecule has 0 unspecified atom stereocenters. The van der Waals surface area contributed by atoms with E-state index in [-0.39, 0.29) is -0.565 Å². The maximum Gasteiger partial charge on any atom is 0.416 e. The first-order valence-corrected chi connectivity index (χ1v) is 7.96. The molecule has 0 heterocycles. The van der Waals surface area contributed by atoms with Crippen molar-refractivity contribution in [1.82, 2.24) is 0 Å². The number of benzene rings is 1. The van der Waals surface area contributed by atoms with Gasteiger partial charge in [-0.25, -0.2) is 4.79 Å². The van der Waals surface area contributed by atoms with E-state index in [0.29, 0.717) is 10.7 Å². The second-order valence-corrected chi connectivity index (χ2v) is 14.6. The molecule has 0 aliphatic rings. The molecule has 1 amide bonds. The first-order chi connectivity index (χ1) is 7.87. The molecule has 0 fully saturated rings. The van der Waals surface area contributed by atoms with Crippen molar-refractivity contribution in [3.63, 3.8) is 0 Å². The number of amides is 1. The van der Waals surface area contributed by atoms with Gasteiger partial charge >= 0.3 is 6.09 Å². The Labute approximate surface area is 145 Å². The molecule has 0 saturated heterocycles. The standard InChI is InChI=1S/C10H7ClI3NO2/c11-7-1-3-8(4-2-7)15-9(16)17-6-5-10(12,13)14/h1-6H,(H,15,16). The molecule has 0 aliphatic heterocycles. The van der Waals surface area contributed by atoms with Crippen molar-refractivity contribution < 1.29 is 9.53 Å². The number of hydrogen-bond acceptors (Lipinski definition) is 2. The highest BCUT2D eigenvalue weighted by Gasteiger charge is 2.12. The number of carbonyl (C=O) groups is 1. The Balaban J connectivity index is 2.45. The normalized spacial score (nSPS) is 11.5. The number of rotatable bonds is 3. The minimum absolute atomic E-state index is 0.103. The molecule has 17 heavy (non-hydrogen) atoms. The highest BCUT2D eigenvalue weighted by atomic mass is 127. The lowest BCUT2D eigenvalue weighted by molar-refractivity contribution is 0.201. The van der Waals surface area contributed by atoms with Crippen LogP contribution in [-0.4, -0.2) is 5.53 Å². The monoisotopic (exact) mass is 589 g/mol. The Kier molecular flexibility index (Phi) is 6.80. The van der Waals surface area contributed by atoms with E-state index < -0.39 is 6.09 Å². The highest BCUT2D eigenvalue weighted by Crippen LogP contribution is 2.36. The van der Waals surface area contributed by atoms with Gasteiger partial charge in [0.15, 0.2) is 0 Å². The van der Waals surface area contributed by atoms with Gasteiger partial charge in [0.1, 0.15) is -0.565 Å². The Morgan fingerprint density at radius 1 is 1.29 bits per heavy atom. The van der Waals surface area contributed by atoms with Crippen molar-refractivity contribution in [3.8, 4) is 0 Å². The fourth-order valence-corrected chi connectivity index (χ4v) is 1.42. The van der Waals surface area contributed by atoms with Crippen LogP contribution in [0.5, 0.6) is 0 Å². The molecule has 0 spiro atoms. The fourth-order valence-electron chi connectivity index (χ4n) is 0.854. The Hall–Kier alpha value is 0.710. The van der Waals surface area contributed by atoms with Crippen molar-refractivity contribution in [3.05, 3.63) is 41.6 Å². The van der Waals surface area contributed by atoms with Crippen LogP contribution < -0.4 is 5.32 Å². The van der Waals surface area contributed by atoms with Crippen molar-refractivity contribution in [2.75, 3.05) is 5.32 Å². The van der Waals surface area contributed by atoms with Gasteiger partial charge < -0.3 is 4.74 Å². The number of alkyl halides is 3. The van der Waals surface area contributed by atoms with Gasteiger partial charge in [-0.15, -0.1) is 0 Å². The number of halogens is 4. The van der Waals surface area contributed by atoms with Crippen molar-refractivity contribution in [1.29, 1.82) is 0 Å². The van der Waals surface area contributed by atoms with Crippen LogP contribution in [0, 0.1) is 0 Å². The average Bonchev–Trinajstić information content (AvgIpc) is 2.19. The molecule has 0 radical (unpaired) electrons. The van der Waals surface area contributed by atoms with Crippen LogP contribution in [-0.2, 0) is 4.74 Å². The number of carbonyl (C=O) groups excluding carboxylic acids is 1. The minimum atomic E-state index is -0.531. The van der Waals surface area contributed by atoms with Gasteiger partial charge in [0.05, 0.1) is 6.26 Å². The lowest BCUT2D eigenvalue weighted by Gasteiger charge is -2.05. The zero-order chi connectivity index (χ0) is 12.9. The zero-order valence-corrected chi connectivity index (χ0v) is 15.5. The van der Waals surface area contributed by atoms with E-state index in [1.54, 1.807) is 30.3 Å². The van der Waals surface area contributed by atoms with Gasteiger partial charge in [0.25, 0.3) is 0 Å². The fraction of sp³-hybridized carbons (Fsp3) is 0.100. The summed E-state index contributed by atoms with van der Waals surface area (Å²) < 4.78 is 4.77. The lowest BCUT2D eigenvalue weighted by atomic mass is 10.3. The summed E-state index contributed by atoms with van der Waals surface area (Å²) in [6.45, 7) is 0. The summed E-state index contributed by atoms with van der Waals surface area (Å²) in [7, 11) is 0. The summed E-state index contributed by atoms with van der Waals surface area (Å²) in [6, 6.07) is 6.79. The zero-order valence-electron chi connectivity index (χ0n) is 8.29. The first-order valence-electron chi connectivity index (χ1n) is 4.34. The number of nitrogens with one attached hydrogen (secondary N) is 1. The van der Waals surface area contributed by atoms with Crippen LogP contribution in [0.1, 0.15) is 0 Å². The molecule has 0 aromatic heterocycles. The van der Waals surface area contributed by atoms with E-state index in [4.69, 9.17) is 16.3 Å². The van der Waals surface area contributed by atoms with Gasteiger partial charge in [-0.1, -0.05) is 79.4 Å². The quantitative estimate of drug-likeness (QED) is 0.293. The molecule has 1 rings (SSSR count). The minimum Gasteiger partial charge on any atom is -0.418 e. The number of ether oxygens (including phenoxy) is 1. The van der Waals surface area contributed by atoms with Gasteiger partial charge in [-0.05, 0) is 30.3 Å². The molecule has 3 nitrogen and oxygen atoms in total. The lowest BCUT2D eigenvalue weighted by Crippen LogP contribution is -2.10. The summed E-state index contributed by atoms with van der Waals surface area (Å²) in [6.07, 6.45) is 2.61. The third-order valence-electron chi connectivity index (χ3n) is 1.52. The summed E-state index contributed by atoms with van der Waals surface area (Å²) in [5.74, 6) is 0. The van der Waals surface area contributed by atoms with Crippen LogP contribution in [0.3, 0.4) is 0 Å². The largest absolute Gasteiger partial charge is 0.418 e. The SMILES string of the molecule is O=C(Nc1ccc(Cl)cc1)OC=CC(I)(I)I. The topological polar surface area (TPSA) is 38.3 Å². The molecule has 7 heteroatoms. The third-order valence-corrected chi connectivity index (χ3v) is 2.85. The van der Waals surface area contributed by atoms with Gasteiger partial charge in [-0.3, -0.25) is 5.32 Å². The van der Waals surface area contributed by atoms with E-state index in [9.17, 15) is 4.79 Å². The smallest absolute Gasteiger partial charge is 0.416 e. The van der Waals surface area contributed by atoms with E-state index in [1.807, 2.05) is 0 Å². The number of allylic oxidation sites excluding steroid dienone is 1. The first kappa shape index (κ1) is 15.8. The molecule has 0 saturated carbocycles. The maximum atomic E-state index is 11.4. The summed E-state index contributed by atoms with van der Waals surface area (Å²) in [5.41, 5.74) is 0.637. The van der Waals surface area contributed by atoms with Crippen molar-refractivity contribution in [2.45, 2.75) is -0.565 Å². The third kappa shape index (κ3) is 7.67. The molecule has 0 atom stereocenters. The molecular weight excluding hydrogens is 582 g/mol. The molecule has 1 N–H and O–H groups in total. The number of anilines is 1. The molecule has 1 aromatic rings. The Morgan fingerprint density at radius 2 is 1.88 bits per heavy atom. The predicted molar refractivity (Wildman–Crippen MR) is 95.5 cm³/mol. The second-order valence-electron chi connectivity index (χ2n) is 2.88. The van der Waals surface area contributed by atoms with E-state index in [2.05, 4.69) is 73.1 Å². The Bertz CT molecular complexity index is 415. The van der Waals surface area contributed by atoms with Gasteiger partial charge in [-0.2, -0.15) is 0 Å². The molecule has 92 valence electrons. The molecule has 0 bridgehead atoms. The highest BCUT2D eigenvalue weighted by molar-refractivity contribution is 14.3. The van der Waals surface area contributed by atoms with Crippen LogP contribution in [0.15, 0.2) is 36.6 Å². The summed E-state index contributed by atoms with van der Waals surface area (Å²) in [4.78, 5) is 11.4. The van der Waals surface area contributed by atoms with Crippen molar-refractivity contribution in [2.24, 2.45) is 0 Å². The molecular formula is C10H7ClI3NO2. The predicted octanol–water partition coefficient (Wildman–Crippen LogP) is 5.36. The van der Waals surface area contributed by atoms with Crippen molar-refractivity contribution >= 4 is 91.2 Å². The summed E-state index contributed by atoms with van der Waals surface area (Å²) >= 11 is 12.4. The molecule has 1 aromatic carbocycles. The second kappa shape index (κ2) is 7.34. The van der Waals surface area contributed by atoms with Crippen LogP contribution in [0.25, 0.3) is 0 Å². The average molecular weight is 589 g/mol. The van der Waals surface area contributed by atoms with E-state index in [1.165, 1.54) is 6.26 Å². The Morgan fingerprint density at radius 3 is 2.41 bits per heavy atom. The summed E-state index contributed by atoms with van der Waals surface area (Å²) in [5, 5.41) is 3.20.